The first-order valence-electron chi connectivity index (χ1n) is 6.86. The van der Waals surface area contributed by atoms with Gasteiger partial charge >= 0.3 is 0 Å². The molecule has 0 aliphatic heterocycles. The number of nitrogen functional groups attached to an aromatic ring is 1. The molecule has 0 atom stereocenters. The highest BCUT2D eigenvalue weighted by molar-refractivity contribution is 5.63. The van der Waals surface area contributed by atoms with E-state index in [0.29, 0.717) is 28.4 Å². The van der Waals surface area contributed by atoms with E-state index in [9.17, 15) is 10.1 Å². The number of nitrogens with two attached hydrogens (primary N) is 1. The van der Waals surface area contributed by atoms with Crippen LogP contribution in [0.5, 0.6) is 17.2 Å². The summed E-state index contributed by atoms with van der Waals surface area (Å²) in [6, 6.07) is 7.55. The quantitative estimate of drug-likeness (QED) is 0.401. The molecule has 0 bridgehead atoms. The second-order valence-electron chi connectivity index (χ2n) is 4.69. The number of hydrogen-bond donors (Lipinski definition) is 1. The van der Waals surface area contributed by atoms with E-state index >= 15 is 0 Å². The zero-order valence-corrected chi connectivity index (χ0v) is 13.5. The third-order valence-corrected chi connectivity index (χ3v) is 3.25. The zero-order chi connectivity index (χ0) is 17.7. The minimum absolute atomic E-state index is 0.0779. The van der Waals surface area contributed by atoms with Gasteiger partial charge in [-0.2, -0.15) is 0 Å². The molecule has 0 saturated carbocycles. The largest absolute Gasteiger partial charge is 0.493 e. The lowest BCUT2D eigenvalue weighted by atomic mass is 10.1. The normalized spacial score (nSPS) is 9.62. The third-order valence-electron chi connectivity index (χ3n) is 3.25. The van der Waals surface area contributed by atoms with Crippen molar-refractivity contribution in [3.05, 3.63) is 51.6 Å². The van der Waals surface area contributed by atoms with E-state index in [4.69, 9.17) is 19.9 Å². The van der Waals surface area contributed by atoms with Gasteiger partial charge in [-0.3, -0.25) is 10.1 Å². The molecule has 0 aromatic heterocycles. The van der Waals surface area contributed by atoms with Gasteiger partial charge in [0.1, 0.15) is 0 Å². The number of nitrogens with zero attached hydrogens (tertiary/aromatic N) is 1. The Bertz CT molecular complexity index is 812. The maximum atomic E-state index is 10.7. The SMILES string of the molecule is COc1cc(C#Cc2ccc([N+](=O)[O-])cc2N)cc(OC)c1OC. The highest BCUT2D eigenvalue weighted by Gasteiger charge is 2.12. The van der Waals surface area contributed by atoms with Crippen molar-refractivity contribution >= 4 is 11.4 Å². The van der Waals surface area contributed by atoms with Crippen LogP contribution in [0.25, 0.3) is 0 Å². The molecule has 2 N–H and O–H groups in total. The minimum atomic E-state index is -0.507. The molecule has 2 rings (SSSR count). The Morgan fingerprint density at radius 3 is 2.08 bits per heavy atom. The molecule has 0 amide bonds. The van der Waals surface area contributed by atoms with Crippen LogP contribution in [-0.2, 0) is 0 Å². The Morgan fingerprint density at radius 1 is 1.00 bits per heavy atom. The monoisotopic (exact) mass is 328 g/mol. The molecule has 0 heterocycles. The Kier molecular flexibility index (Phi) is 5.12. The molecule has 2 aromatic rings. The zero-order valence-electron chi connectivity index (χ0n) is 13.5. The number of anilines is 1. The van der Waals surface area contributed by atoms with E-state index in [1.165, 1.54) is 39.5 Å². The summed E-state index contributed by atoms with van der Waals surface area (Å²) in [5, 5.41) is 10.7. The molecule has 0 aliphatic carbocycles. The number of benzene rings is 2. The van der Waals surface area contributed by atoms with Crippen molar-refractivity contribution < 1.29 is 19.1 Å². The van der Waals surface area contributed by atoms with Crippen LogP contribution in [0.4, 0.5) is 11.4 Å². The summed E-state index contributed by atoms with van der Waals surface area (Å²) in [5.41, 5.74) is 7.09. The average Bonchev–Trinajstić information content (AvgIpc) is 2.59. The topological polar surface area (TPSA) is 96.9 Å². The summed E-state index contributed by atoms with van der Waals surface area (Å²) in [4.78, 5) is 10.2. The number of non-ortho nitro benzene ring substituents is 1. The van der Waals surface area contributed by atoms with Gasteiger partial charge in [0.2, 0.25) is 5.75 Å². The van der Waals surface area contributed by atoms with E-state index < -0.39 is 4.92 Å². The predicted octanol–water partition coefficient (Wildman–Crippen LogP) is 2.60. The van der Waals surface area contributed by atoms with E-state index in [0.717, 1.165) is 0 Å². The molecule has 7 nitrogen and oxygen atoms in total. The molecule has 24 heavy (non-hydrogen) atoms. The number of ether oxygens (including phenoxy) is 3. The first-order valence-corrected chi connectivity index (χ1v) is 6.86. The minimum Gasteiger partial charge on any atom is -0.493 e. The van der Waals surface area contributed by atoms with Gasteiger partial charge in [0, 0.05) is 23.3 Å². The van der Waals surface area contributed by atoms with Crippen molar-refractivity contribution in [2.24, 2.45) is 0 Å². The van der Waals surface area contributed by atoms with Crippen LogP contribution in [0, 0.1) is 22.0 Å². The Hall–Kier alpha value is -3.40. The maximum Gasteiger partial charge on any atom is 0.271 e. The van der Waals surface area contributed by atoms with Crippen LogP contribution in [0.3, 0.4) is 0 Å². The Balaban J connectivity index is 2.42. The Labute approximate surface area is 139 Å². The van der Waals surface area contributed by atoms with Crippen molar-refractivity contribution in [1.29, 1.82) is 0 Å². The molecule has 0 unspecified atom stereocenters. The van der Waals surface area contributed by atoms with Crippen LogP contribution in [0.1, 0.15) is 11.1 Å². The number of nitro groups is 1. The first-order chi connectivity index (χ1) is 11.5. The summed E-state index contributed by atoms with van der Waals surface area (Å²) >= 11 is 0. The molecule has 0 radical (unpaired) electrons. The van der Waals surface area contributed by atoms with E-state index in [1.54, 1.807) is 12.1 Å². The molecule has 0 saturated heterocycles. The van der Waals surface area contributed by atoms with Gasteiger partial charge in [-0.25, -0.2) is 0 Å². The van der Waals surface area contributed by atoms with Crippen LogP contribution >= 0.6 is 0 Å². The van der Waals surface area contributed by atoms with Crippen LogP contribution in [-0.4, -0.2) is 26.3 Å². The molecule has 124 valence electrons. The smallest absolute Gasteiger partial charge is 0.271 e. The summed E-state index contributed by atoms with van der Waals surface area (Å²) < 4.78 is 15.8. The fraction of sp³-hybridized carbons (Fsp3) is 0.176. The number of rotatable bonds is 4. The van der Waals surface area contributed by atoms with Gasteiger partial charge in [-0.1, -0.05) is 11.8 Å². The summed E-state index contributed by atoms with van der Waals surface area (Å²) in [5.74, 6) is 7.26. The highest BCUT2D eigenvalue weighted by atomic mass is 16.6. The van der Waals surface area contributed by atoms with Crippen LogP contribution in [0.2, 0.25) is 0 Å². The second-order valence-corrected chi connectivity index (χ2v) is 4.69. The van der Waals surface area contributed by atoms with E-state index in [1.807, 2.05) is 0 Å². The standard InChI is InChI=1S/C17H16N2O5/c1-22-15-8-11(9-16(23-2)17(15)24-3)4-5-12-6-7-13(19(20)21)10-14(12)18/h6-10H,18H2,1-3H3. The Morgan fingerprint density at radius 2 is 1.62 bits per heavy atom. The van der Waals surface area contributed by atoms with Gasteiger partial charge in [-0.15, -0.1) is 0 Å². The summed E-state index contributed by atoms with van der Waals surface area (Å²) in [6.45, 7) is 0. The molecule has 7 heteroatoms. The molecule has 0 aliphatic rings. The fourth-order valence-electron chi connectivity index (χ4n) is 2.07. The van der Waals surface area contributed by atoms with Gasteiger partial charge in [0.15, 0.2) is 11.5 Å². The molecule has 0 fully saturated rings. The van der Waals surface area contributed by atoms with Gasteiger partial charge in [-0.05, 0) is 18.2 Å². The van der Waals surface area contributed by atoms with Crippen molar-refractivity contribution in [1.82, 2.24) is 0 Å². The number of hydrogen-bond acceptors (Lipinski definition) is 6. The maximum absolute atomic E-state index is 10.7. The van der Waals surface area contributed by atoms with Crippen molar-refractivity contribution in [2.75, 3.05) is 27.1 Å². The molecule has 2 aromatic carbocycles. The van der Waals surface area contributed by atoms with E-state index in [-0.39, 0.29) is 11.4 Å². The van der Waals surface area contributed by atoms with Crippen LogP contribution < -0.4 is 19.9 Å². The fourth-order valence-corrected chi connectivity index (χ4v) is 2.07. The average molecular weight is 328 g/mol. The van der Waals surface area contributed by atoms with Crippen molar-refractivity contribution in [2.45, 2.75) is 0 Å². The molecular weight excluding hydrogens is 312 g/mol. The van der Waals surface area contributed by atoms with Crippen molar-refractivity contribution in [3.8, 4) is 29.1 Å². The molecular formula is C17H16N2O5. The lowest BCUT2D eigenvalue weighted by molar-refractivity contribution is -0.384. The van der Waals surface area contributed by atoms with Gasteiger partial charge in [0.05, 0.1) is 31.9 Å². The summed E-state index contributed by atoms with van der Waals surface area (Å²) in [6.07, 6.45) is 0. The first kappa shape index (κ1) is 17.0. The third kappa shape index (κ3) is 3.50. The number of methoxy groups -OCH3 is 3. The van der Waals surface area contributed by atoms with Gasteiger partial charge in [0.25, 0.3) is 5.69 Å². The van der Waals surface area contributed by atoms with Crippen molar-refractivity contribution in [3.63, 3.8) is 0 Å². The number of nitro benzene ring substituents is 1. The highest BCUT2D eigenvalue weighted by Crippen LogP contribution is 2.37. The van der Waals surface area contributed by atoms with Gasteiger partial charge < -0.3 is 19.9 Å². The second kappa shape index (κ2) is 7.24. The summed E-state index contributed by atoms with van der Waals surface area (Å²) in [7, 11) is 4.55. The lowest BCUT2D eigenvalue weighted by Crippen LogP contribution is -1.96. The predicted molar refractivity (Wildman–Crippen MR) is 89.6 cm³/mol. The molecule has 0 spiro atoms. The lowest BCUT2D eigenvalue weighted by Gasteiger charge is -2.12. The van der Waals surface area contributed by atoms with Crippen LogP contribution in [0.15, 0.2) is 30.3 Å². The van der Waals surface area contributed by atoms with E-state index in [2.05, 4.69) is 11.8 Å².